The molecule has 4 heteroatoms. The lowest BCUT2D eigenvalue weighted by atomic mass is 10.2. The lowest BCUT2D eigenvalue weighted by molar-refractivity contribution is 0.297. The van der Waals surface area contributed by atoms with Gasteiger partial charge in [0.25, 0.3) is 0 Å². The minimum Gasteiger partial charge on any atom is -0.492 e. The molecule has 1 heterocycles. The topological polar surface area (TPSA) is 53.1 Å². The van der Waals surface area contributed by atoms with Gasteiger partial charge in [-0.2, -0.15) is 0 Å². The van der Waals surface area contributed by atoms with Gasteiger partial charge < -0.3 is 15.0 Å². The fraction of sp³-hybridized carbons (Fsp3) is 0.278. The van der Waals surface area contributed by atoms with Gasteiger partial charge in [0.15, 0.2) is 0 Å². The van der Waals surface area contributed by atoms with Gasteiger partial charge in [-0.15, -0.1) is 0 Å². The molecule has 22 heavy (non-hydrogen) atoms. The highest BCUT2D eigenvalue weighted by Crippen LogP contribution is 2.20. The number of imidazole rings is 1. The summed E-state index contributed by atoms with van der Waals surface area (Å²) in [4.78, 5) is 4.63. The van der Waals surface area contributed by atoms with Gasteiger partial charge in [0.1, 0.15) is 18.2 Å². The minimum absolute atomic E-state index is 0.105. The lowest BCUT2D eigenvalue weighted by Gasteiger charge is -2.12. The number of benzene rings is 2. The number of rotatable bonds is 5. The Balaban J connectivity index is 1.79. The Morgan fingerprint density at radius 3 is 2.77 bits per heavy atom. The summed E-state index contributed by atoms with van der Waals surface area (Å²) in [5.74, 6) is 1.79. The van der Waals surface area contributed by atoms with E-state index in [1.54, 1.807) is 0 Å². The molecule has 0 bridgehead atoms. The van der Waals surface area contributed by atoms with Crippen LogP contribution in [0.1, 0.15) is 24.4 Å². The summed E-state index contributed by atoms with van der Waals surface area (Å²) in [5, 5.41) is 0. The first-order valence-electron chi connectivity index (χ1n) is 7.55. The van der Waals surface area contributed by atoms with E-state index in [1.165, 1.54) is 5.56 Å². The van der Waals surface area contributed by atoms with Crippen LogP contribution in [0.4, 0.5) is 0 Å². The average molecular weight is 295 g/mol. The molecule has 1 atom stereocenters. The third-order valence-corrected chi connectivity index (χ3v) is 3.66. The zero-order valence-corrected chi connectivity index (χ0v) is 13.0. The van der Waals surface area contributed by atoms with Crippen LogP contribution in [0.25, 0.3) is 11.0 Å². The molecule has 0 saturated heterocycles. The SMILES string of the molecule is Cc1cccc(OCCn2c(C(C)N)nc3ccccc32)c1. The number of para-hydroxylation sites is 2. The van der Waals surface area contributed by atoms with Crippen LogP contribution in [0, 0.1) is 6.92 Å². The summed E-state index contributed by atoms with van der Waals surface area (Å²) in [6.45, 7) is 5.33. The Labute approximate surface area is 130 Å². The van der Waals surface area contributed by atoms with Crippen molar-refractivity contribution in [2.45, 2.75) is 26.4 Å². The molecule has 2 aromatic carbocycles. The summed E-state index contributed by atoms with van der Waals surface area (Å²) >= 11 is 0. The summed E-state index contributed by atoms with van der Waals surface area (Å²) in [7, 11) is 0. The fourth-order valence-electron chi connectivity index (χ4n) is 2.64. The Morgan fingerprint density at radius 1 is 1.18 bits per heavy atom. The number of fused-ring (bicyclic) bond motifs is 1. The van der Waals surface area contributed by atoms with Gasteiger partial charge in [-0.1, -0.05) is 24.3 Å². The van der Waals surface area contributed by atoms with Gasteiger partial charge in [0.2, 0.25) is 0 Å². The monoisotopic (exact) mass is 295 g/mol. The van der Waals surface area contributed by atoms with Crippen LogP contribution in [-0.4, -0.2) is 16.2 Å². The smallest absolute Gasteiger partial charge is 0.126 e. The van der Waals surface area contributed by atoms with Crippen molar-refractivity contribution in [3.63, 3.8) is 0 Å². The molecular weight excluding hydrogens is 274 g/mol. The highest BCUT2D eigenvalue weighted by Gasteiger charge is 2.13. The van der Waals surface area contributed by atoms with Crippen LogP contribution in [0.15, 0.2) is 48.5 Å². The number of aromatic nitrogens is 2. The van der Waals surface area contributed by atoms with Crippen LogP contribution >= 0.6 is 0 Å². The van der Waals surface area contributed by atoms with E-state index in [9.17, 15) is 0 Å². The number of aryl methyl sites for hydroxylation is 1. The van der Waals surface area contributed by atoms with Crippen LogP contribution < -0.4 is 10.5 Å². The molecule has 4 nitrogen and oxygen atoms in total. The fourth-order valence-corrected chi connectivity index (χ4v) is 2.64. The number of ether oxygens (including phenoxy) is 1. The van der Waals surface area contributed by atoms with E-state index in [4.69, 9.17) is 10.5 Å². The number of hydrogen-bond acceptors (Lipinski definition) is 3. The molecule has 3 aromatic rings. The maximum Gasteiger partial charge on any atom is 0.126 e. The number of nitrogens with two attached hydrogens (primary N) is 1. The van der Waals surface area contributed by atoms with E-state index in [0.717, 1.165) is 29.2 Å². The minimum atomic E-state index is -0.105. The second-order valence-electron chi connectivity index (χ2n) is 5.56. The van der Waals surface area contributed by atoms with Gasteiger partial charge in [-0.3, -0.25) is 0 Å². The molecular formula is C18H21N3O. The quantitative estimate of drug-likeness (QED) is 0.784. The summed E-state index contributed by atoms with van der Waals surface area (Å²) in [6.07, 6.45) is 0. The maximum absolute atomic E-state index is 6.06. The Bertz CT molecular complexity index is 777. The van der Waals surface area contributed by atoms with Gasteiger partial charge in [0.05, 0.1) is 23.6 Å². The maximum atomic E-state index is 6.06. The van der Waals surface area contributed by atoms with Crippen molar-refractivity contribution >= 4 is 11.0 Å². The van der Waals surface area contributed by atoms with E-state index in [0.29, 0.717) is 6.61 Å². The molecule has 0 aliphatic rings. The average Bonchev–Trinajstić information content (AvgIpc) is 2.87. The van der Waals surface area contributed by atoms with E-state index in [2.05, 4.69) is 28.6 Å². The van der Waals surface area contributed by atoms with Gasteiger partial charge in [-0.05, 0) is 43.7 Å². The van der Waals surface area contributed by atoms with Crippen molar-refractivity contribution in [1.82, 2.24) is 9.55 Å². The van der Waals surface area contributed by atoms with E-state index in [-0.39, 0.29) is 6.04 Å². The second-order valence-corrected chi connectivity index (χ2v) is 5.56. The van der Waals surface area contributed by atoms with Crippen LogP contribution in [-0.2, 0) is 6.54 Å². The van der Waals surface area contributed by atoms with Crippen molar-refractivity contribution in [3.8, 4) is 5.75 Å². The lowest BCUT2D eigenvalue weighted by Crippen LogP contribution is -2.16. The summed E-state index contributed by atoms with van der Waals surface area (Å²) < 4.78 is 8.00. The molecule has 0 amide bonds. The molecule has 114 valence electrons. The van der Waals surface area contributed by atoms with Gasteiger partial charge in [0, 0.05) is 0 Å². The molecule has 3 rings (SSSR count). The molecule has 0 radical (unpaired) electrons. The Hall–Kier alpha value is -2.33. The zero-order valence-electron chi connectivity index (χ0n) is 13.0. The number of hydrogen-bond donors (Lipinski definition) is 1. The highest BCUT2D eigenvalue weighted by atomic mass is 16.5. The van der Waals surface area contributed by atoms with E-state index >= 15 is 0 Å². The van der Waals surface area contributed by atoms with Crippen molar-refractivity contribution < 1.29 is 4.74 Å². The highest BCUT2D eigenvalue weighted by molar-refractivity contribution is 5.76. The first-order chi connectivity index (χ1) is 10.6. The van der Waals surface area contributed by atoms with Crippen molar-refractivity contribution in [2.75, 3.05) is 6.61 Å². The molecule has 0 fully saturated rings. The molecule has 0 aliphatic heterocycles. The van der Waals surface area contributed by atoms with Crippen molar-refractivity contribution in [2.24, 2.45) is 5.73 Å². The second kappa shape index (κ2) is 6.20. The molecule has 0 spiro atoms. The first-order valence-corrected chi connectivity index (χ1v) is 7.55. The predicted octanol–water partition coefficient (Wildman–Crippen LogP) is 3.44. The normalized spacial score (nSPS) is 12.5. The third-order valence-electron chi connectivity index (χ3n) is 3.66. The molecule has 1 aromatic heterocycles. The summed E-state index contributed by atoms with van der Waals surface area (Å²) in [5.41, 5.74) is 9.33. The Morgan fingerprint density at radius 2 is 2.00 bits per heavy atom. The molecule has 0 aliphatic carbocycles. The molecule has 0 saturated carbocycles. The largest absolute Gasteiger partial charge is 0.492 e. The van der Waals surface area contributed by atoms with E-state index < -0.39 is 0 Å². The first kappa shape index (κ1) is 14.6. The standard InChI is InChI=1S/C18H21N3O/c1-13-6-5-7-15(12-13)22-11-10-21-17-9-4-3-8-16(17)20-18(21)14(2)19/h3-9,12,14H,10-11,19H2,1-2H3. The number of nitrogens with zero attached hydrogens (tertiary/aromatic N) is 2. The van der Waals surface area contributed by atoms with Crippen LogP contribution in [0.5, 0.6) is 5.75 Å². The predicted molar refractivity (Wildman–Crippen MR) is 89.0 cm³/mol. The van der Waals surface area contributed by atoms with Crippen LogP contribution in [0.3, 0.4) is 0 Å². The third kappa shape index (κ3) is 2.97. The van der Waals surface area contributed by atoms with E-state index in [1.807, 2.05) is 43.3 Å². The van der Waals surface area contributed by atoms with Crippen molar-refractivity contribution in [3.05, 3.63) is 59.9 Å². The van der Waals surface area contributed by atoms with Gasteiger partial charge in [-0.25, -0.2) is 4.98 Å². The molecule has 2 N–H and O–H groups in total. The zero-order chi connectivity index (χ0) is 15.5. The summed E-state index contributed by atoms with van der Waals surface area (Å²) in [6, 6.07) is 16.1. The van der Waals surface area contributed by atoms with Crippen molar-refractivity contribution in [1.29, 1.82) is 0 Å². The van der Waals surface area contributed by atoms with Crippen LogP contribution in [0.2, 0.25) is 0 Å². The Kier molecular flexibility index (Phi) is 4.11. The van der Waals surface area contributed by atoms with Gasteiger partial charge >= 0.3 is 0 Å². The molecule has 1 unspecified atom stereocenters.